The number of carboxylic acids is 2. The van der Waals surface area contributed by atoms with Crippen LogP contribution in [0.25, 0.3) is 21.8 Å². The first-order chi connectivity index (χ1) is 9.56. The van der Waals surface area contributed by atoms with Gasteiger partial charge in [0, 0.05) is 10.8 Å². The predicted octanol–water partition coefficient (Wildman–Crippen LogP) is 2.78. The molecule has 0 aliphatic heterocycles. The summed E-state index contributed by atoms with van der Waals surface area (Å²) in [6.07, 6.45) is 0. The van der Waals surface area contributed by atoms with Crippen molar-refractivity contribution in [3.8, 4) is 0 Å². The molecule has 1 aromatic heterocycles. The van der Waals surface area contributed by atoms with Crippen molar-refractivity contribution in [2.45, 2.75) is 0 Å². The monoisotopic (exact) mass is 267 g/mol. The molecule has 0 aliphatic carbocycles. The second-order valence-electron chi connectivity index (χ2n) is 4.38. The Labute approximate surface area is 113 Å². The fourth-order valence-corrected chi connectivity index (χ4v) is 2.16. The van der Waals surface area contributed by atoms with Crippen LogP contribution in [-0.4, -0.2) is 27.1 Å². The smallest absolute Gasteiger partial charge is 0.337 e. The first-order valence-corrected chi connectivity index (χ1v) is 5.86. The first kappa shape index (κ1) is 12.1. The normalized spacial score (nSPS) is 10.8. The van der Waals surface area contributed by atoms with Crippen LogP contribution in [0.5, 0.6) is 0 Å². The third kappa shape index (κ3) is 1.85. The lowest BCUT2D eigenvalue weighted by molar-refractivity contribution is 0.0687. The Kier molecular flexibility index (Phi) is 2.61. The fourth-order valence-electron chi connectivity index (χ4n) is 2.16. The lowest BCUT2D eigenvalue weighted by atomic mass is 10.1. The van der Waals surface area contributed by atoms with Crippen LogP contribution in [0.15, 0.2) is 42.5 Å². The van der Waals surface area contributed by atoms with E-state index in [4.69, 9.17) is 10.2 Å². The standard InChI is InChI=1S/C15H9NO4/c17-14(18)10-5-4-8-6-9-2-1-3-11(15(19)20)13(9)16-12(8)7-10/h1-7H,(H,17,18)(H,19,20). The van der Waals surface area contributed by atoms with Gasteiger partial charge in [-0.15, -0.1) is 0 Å². The molecule has 0 spiro atoms. The molecule has 0 atom stereocenters. The van der Waals surface area contributed by atoms with Gasteiger partial charge in [-0.2, -0.15) is 0 Å². The van der Waals surface area contributed by atoms with Crippen LogP contribution in [0.3, 0.4) is 0 Å². The SMILES string of the molecule is O=C(O)c1ccc2cc3cccc(C(=O)O)c3nc2c1. The molecule has 3 rings (SSSR count). The van der Waals surface area contributed by atoms with Gasteiger partial charge < -0.3 is 10.2 Å². The van der Waals surface area contributed by atoms with Gasteiger partial charge in [-0.3, -0.25) is 0 Å². The van der Waals surface area contributed by atoms with Crippen molar-refractivity contribution < 1.29 is 19.8 Å². The Hall–Kier alpha value is -2.95. The molecule has 20 heavy (non-hydrogen) atoms. The van der Waals surface area contributed by atoms with Gasteiger partial charge in [0.25, 0.3) is 0 Å². The summed E-state index contributed by atoms with van der Waals surface area (Å²) in [5.74, 6) is -2.10. The van der Waals surface area contributed by atoms with Gasteiger partial charge in [-0.25, -0.2) is 14.6 Å². The van der Waals surface area contributed by atoms with E-state index in [1.807, 2.05) is 0 Å². The van der Waals surface area contributed by atoms with Crippen LogP contribution >= 0.6 is 0 Å². The second kappa shape index (κ2) is 4.31. The molecule has 5 heteroatoms. The molecule has 0 unspecified atom stereocenters. The predicted molar refractivity (Wildman–Crippen MR) is 73.2 cm³/mol. The van der Waals surface area contributed by atoms with E-state index in [1.165, 1.54) is 18.2 Å². The first-order valence-electron chi connectivity index (χ1n) is 5.86. The van der Waals surface area contributed by atoms with Gasteiger partial charge in [-0.05, 0) is 24.3 Å². The lowest BCUT2D eigenvalue weighted by Crippen LogP contribution is -2.00. The van der Waals surface area contributed by atoms with Gasteiger partial charge in [-0.1, -0.05) is 18.2 Å². The molecule has 2 aromatic carbocycles. The lowest BCUT2D eigenvalue weighted by Gasteiger charge is -2.05. The fraction of sp³-hybridized carbons (Fsp3) is 0. The summed E-state index contributed by atoms with van der Waals surface area (Å²) in [4.78, 5) is 26.5. The highest BCUT2D eigenvalue weighted by Crippen LogP contribution is 2.23. The molecule has 3 aromatic rings. The van der Waals surface area contributed by atoms with Crippen molar-refractivity contribution in [1.82, 2.24) is 4.98 Å². The number of carbonyl (C=O) groups is 2. The number of aromatic nitrogens is 1. The minimum Gasteiger partial charge on any atom is -0.478 e. The molecule has 5 nitrogen and oxygen atoms in total. The van der Waals surface area contributed by atoms with Crippen molar-refractivity contribution >= 4 is 33.7 Å². The Balaban J connectivity index is 2.38. The maximum absolute atomic E-state index is 11.2. The molecule has 0 aliphatic rings. The number of nitrogens with zero attached hydrogens (tertiary/aromatic N) is 1. The Morgan fingerprint density at radius 1 is 0.900 bits per heavy atom. The third-order valence-corrected chi connectivity index (χ3v) is 3.12. The summed E-state index contributed by atoms with van der Waals surface area (Å²) in [6.45, 7) is 0. The van der Waals surface area contributed by atoms with Crippen molar-refractivity contribution in [3.63, 3.8) is 0 Å². The largest absolute Gasteiger partial charge is 0.478 e. The maximum atomic E-state index is 11.2. The number of para-hydroxylation sites is 1. The average molecular weight is 267 g/mol. The number of rotatable bonds is 2. The van der Waals surface area contributed by atoms with Crippen molar-refractivity contribution in [3.05, 3.63) is 53.6 Å². The van der Waals surface area contributed by atoms with E-state index >= 15 is 0 Å². The van der Waals surface area contributed by atoms with Crippen LogP contribution in [-0.2, 0) is 0 Å². The van der Waals surface area contributed by atoms with Gasteiger partial charge >= 0.3 is 11.9 Å². The number of hydrogen-bond acceptors (Lipinski definition) is 3. The summed E-state index contributed by atoms with van der Waals surface area (Å²) in [5.41, 5.74) is 1.04. The third-order valence-electron chi connectivity index (χ3n) is 3.12. The Morgan fingerprint density at radius 3 is 2.40 bits per heavy atom. The molecule has 1 heterocycles. The summed E-state index contributed by atoms with van der Waals surface area (Å²) in [5, 5.41) is 19.6. The molecule has 0 fully saturated rings. The number of aromatic carboxylic acids is 2. The summed E-state index contributed by atoms with van der Waals surface area (Å²) < 4.78 is 0. The van der Waals surface area contributed by atoms with E-state index in [2.05, 4.69) is 4.98 Å². The molecule has 0 radical (unpaired) electrons. The van der Waals surface area contributed by atoms with Crippen LogP contribution in [0.1, 0.15) is 20.7 Å². The molecule has 2 N–H and O–H groups in total. The van der Waals surface area contributed by atoms with E-state index in [0.717, 1.165) is 5.39 Å². The molecule has 98 valence electrons. The van der Waals surface area contributed by atoms with Crippen molar-refractivity contribution in [2.24, 2.45) is 0 Å². The molecule has 0 saturated carbocycles. The van der Waals surface area contributed by atoms with Crippen molar-refractivity contribution in [1.29, 1.82) is 0 Å². The van der Waals surface area contributed by atoms with E-state index in [9.17, 15) is 9.59 Å². The molecule has 0 amide bonds. The maximum Gasteiger partial charge on any atom is 0.337 e. The molecular weight excluding hydrogens is 258 g/mol. The topological polar surface area (TPSA) is 87.5 Å². The van der Waals surface area contributed by atoms with Crippen molar-refractivity contribution in [2.75, 3.05) is 0 Å². The Morgan fingerprint density at radius 2 is 1.70 bits per heavy atom. The van der Waals surface area contributed by atoms with Crippen LogP contribution in [0.2, 0.25) is 0 Å². The van der Waals surface area contributed by atoms with E-state index in [0.29, 0.717) is 16.4 Å². The zero-order valence-corrected chi connectivity index (χ0v) is 10.2. The summed E-state index contributed by atoms with van der Waals surface area (Å²) in [7, 11) is 0. The van der Waals surface area contributed by atoms with Crippen LogP contribution in [0.4, 0.5) is 0 Å². The molecular formula is C15H9NO4. The number of pyridine rings is 1. The summed E-state index contributed by atoms with van der Waals surface area (Å²) >= 11 is 0. The number of fused-ring (bicyclic) bond motifs is 2. The number of carboxylic acid groups (broad SMARTS) is 2. The van der Waals surface area contributed by atoms with E-state index in [1.54, 1.807) is 24.3 Å². The van der Waals surface area contributed by atoms with Gasteiger partial charge in [0.15, 0.2) is 0 Å². The van der Waals surface area contributed by atoms with Gasteiger partial charge in [0.1, 0.15) is 0 Å². The van der Waals surface area contributed by atoms with Gasteiger partial charge in [0.05, 0.1) is 22.2 Å². The highest BCUT2D eigenvalue weighted by molar-refractivity contribution is 6.05. The highest BCUT2D eigenvalue weighted by Gasteiger charge is 2.11. The molecule has 0 saturated heterocycles. The van der Waals surface area contributed by atoms with E-state index < -0.39 is 11.9 Å². The Bertz CT molecular complexity index is 870. The second-order valence-corrected chi connectivity index (χ2v) is 4.38. The average Bonchev–Trinajstić information content (AvgIpc) is 2.43. The summed E-state index contributed by atoms with van der Waals surface area (Å²) in [6, 6.07) is 11.3. The number of hydrogen-bond donors (Lipinski definition) is 2. The quantitative estimate of drug-likeness (QED) is 0.697. The molecule has 0 bridgehead atoms. The van der Waals surface area contributed by atoms with Gasteiger partial charge in [0.2, 0.25) is 0 Å². The van der Waals surface area contributed by atoms with Crippen LogP contribution < -0.4 is 0 Å². The highest BCUT2D eigenvalue weighted by atomic mass is 16.4. The minimum atomic E-state index is -1.06. The van der Waals surface area contributed by atoms with Crippen LogP contribution in [0, 0.1) is 0 Å². The minimum absolute atomic E-state index is 0.102. The number of benzene rings is 2. The zero-order valence-electron chi connectivity index (χ0n) is 10.2. The zero-order chi connectivity index (χ0) is 14.3. The van der Waals surface area contributed by atoms with E-state index in [-0.39, 0.29) is 11.1 Å².